The number of carbonyl (C=O) groups is 1. The third-order valence-electron chi connectivity index (χ3n) is 2.77. The van der Waals surface area contributed by atoms with Crippen LogP contribution in [0.4, 0.5) is 0 Å². The number of hydrogen-bond acceptors (Lipinski definition) is 4. The van der Waals surface area contributed by atoms with E-state index in [1.165, 1.54) is 0 Å². The molecule has 20 heavy (non-hydrogen) atoms. The molecule has 6 nitrogen and oxygen atoms in total. The molecule has 0 aliphatic heterocycles. The first-order valence-electron chi connectivity index (χ1n) is 6.41. The Morgan fingerprint density at radius 3 is 2.70 bits per heavy atom. The van der Waals surface area contributed by atoms with Crippen LogP contribution in [-0.4, -0.2) is 31.3 Å². The lowest BCUT2D eigenvalue weighted by Gasteiger charge is -2.04. The molecule has 1 rings (SSSR count). The van der Waals surface area contributed by atoms with Gasteiger partial charge in [0.25, 0.3) is 10.1 Å². The Morgan fingerprint density at radius 1 is 1.45 bits per heavy atom. The highest BCUT2D eigenvalue weighted by atomic mass is 32.2. The lowest BCUT2D eigenvalue weighted by molar-refractivity contribution is -0.702. The van der Waals surface area contributed by atoms with Crippen LogP contribution in [0.5, 0.6) is 0 Å². The van der Waals surface area contributed by atoms with Gasteiger partial charge < -0.3 is 4.74 Å². The number of pyridine rings is 1. The van der Waals surface area contributed by atoms with E-state index < -0.39 is 10.1 Å². The predicted octanol–water partition coefficient (Wildman–Crippen LogP) is 0.666. The van der Waals surface area contributed by atoms with E-state index in [1.54, 1.807) is 19.2 Å². The number of carbonyl (C=O) groups excluding carboxylic acids is 1. The van der Waals surface area contributed by atoms with Gasteiger partial charge in [-0.25, -0.2) is 4.57 Å². The highest BCUT2D eigenvalue weighted by Crippen LogP contribution is 2.03. The summed E-state index contributed by atoms with van der Waals surface area (Å²) in [5, 5.41) is 0. The second-order valence-corrected chi connectivity index (χ2v) is 6.06. The van der Waals surface area contributed by atoms with E-state index in [2.05, 4.69) is 0 Å². The van der Waals surface area contributed by atoms with Crippen molar-refractivity contribution in [2.75, 3.05) is 12.4 Å². The molecular weight excluding hydrogens is 282 g/mol. The predicted molar refractivity (Wildman–Crippen MR) is 72.7 cm³/mol. The number of aromatic nitrogens is 1. The van der Waals surface area contributed by atoms with Crippen molar-refractivity contribution in [3.05, 3.63) is 29.6 Å². The Morgan fingerprint density at radius 2 is 2.15 bits per heavy atom. The summed E-state index contributed by atoms with van der Waals surface area (Å²) in [7, 11) is -3.91. The summed E-state index contributed by atoms with van der Waals surface area (Å²) in [6.45, 7) is 4.49. The summed E-state index contributed by atoms with van der Waals surface area (Å²) in [6.07, 6.45) is 2.36. The molecule has 0 unspecified atom stereocenters. The molecule has 0 atom stereocenters. The average molecular weight is 302 g/mol. The van der Waals surface area contributed by atoms with Crippen molar-refractivity contribution >= 4 is 16.1 Å². The molecule has 7 heteroatoms. The number of hydrogen-bond donors (Lipinski definition) is 1. The van der Waals surface area contributed by atoms with Crippen molar-refractivity contribution in [3.63, 3.8) is 0 Å². The van der Waals surface area contributed by atoms with Crippen LogP contribution in [0.1, 0.15) is 24.6 Å². The molecule has 0 aliphatic carbocycles. The van der Waals surface area contributed by atoms with E-state index in [9.17, 15) is 13.2 Å². The molecule has 0 aromatic carbocycles. The summed E-state index contributed by atoms with van der Waals surface area (Å²) in [5.74, 6) is -0.527. The Kier molecular flexibility index (Phi) is 6.09. The second-order valence-electron chi connectivity index (χ2n) is 4.49. The van der Waals surface area contributed by atoms with Crippen LogP contribution in [0, 0.1) is 6.92 Å². The lowest BCUT2D eigenvalue weighted by Crippen LogP contribution is -2.37. The van der Waals surface area contributed by atoms with E-state index in [1.807, 2.05) is 17.6 Å². The third-order valence-corrected chi connectivity index (χ3v) is 3.58. The summed E-state index contributed by atoms with van der Waals surface area (Å²) < 4.78 is 36.7. The zero-order valence-electron chi connectivity index (χ0n) is 11.7. The largest absolute Gasteiger partial charge is 0.466 e. The highest BCUT2D eigenvalue weighted by molar-refractivity contribution is 7.85. The van der Waals surface area contributed by atoms with Crippen LogP contribution in [0.2, 0.25) is 0 Å². The number of aryl methyl sites for hydroxylation is 2. The minimum absolute atomic E-state index is 0.223. The Labute approximate surface area is 119 Å². The second kappa shape index (κ2) is 7.35. The first-order valence-corrected chi connectivity index (χ1v) is 8.02. The number of nitrogens with zero attached hydrogens (tertiary/aromatic N) is 1. The molecule has 0 bridgehead atoms. The zero-order chi connectivity index (χ0) is 15.2. The lowest BCUT2D eigenvalue weighted by atomic mass is 10.1. The van der Waals surface area contributed by atoms with Crippen molar-refractivity contribution in [3.8, 4) is 0 Å². The molecule has 1 N–H and O–H groups in total. The Hall–Kier alpha value is -1.47. The molecule has 112 valence electrons. The molecule has 0 saturated carbocycles. The van der Waals surface area contributed by atoms with Crippen molar-refractivity contribution in [2.24, 2.45) is 0 Å². The quantitative estimate of drug-likeness (QED) is 0.454. The van der Waals surface area contributed by atoms with Crippen LogP contribution in [-0.2, 0) is 32.6 Å². The minimum atomic E-state index is -3.91. The first-order chi connectivity index (χ1) is 9.31. The summed E-state index contributed by atoms with van der Waals surface area (Å²) in [5.41, 5.74) is 1.77. The van der Waals surface area contributed by atoms with Gasteiger partial charge in [0, 0.05) is 25.5 Å². The zero-order valence-corrected chi connectivity index (χ0v) is 12.5. The van der Waals surface area contributed by atoms with Crippen LogP contribution < -0.4 is 4.57 Å². The Bertz CT molecular complexity index is 568. The maximum Gasteiger partial charge on any atom is 0.310 e. The molecule has 0 saturated heterocycles. The van der Waals surface area contributed by atoms with Gasteiger partial charge in [-0.15, -0.1) is 0 Å². The van der Waals surface area contributed by atoms with E-state index in [-0.39, 0.29) is 18.1 Å². The number of ether oxygens (including phenoxy) is 1. The van der Waals surface area contributed by atoms with Crippen molar-refractivity contribution in [2.45, 2.75) is 33.2 Å². The number of rotatable bonds is 7. The fourth-order valence-electron chi connectivity index (χ4n) is 1.86. The van der Waals surface area contributed by atoms with E-state index in [0.29, 0.717) is 19.6 Å². The van der Waals surface area contributed by atoms with Crippen LogP contribution in [0.15, 0.2) is 18.3 Å². The standard InChI is InChI=1S/C13H19NO5S/c1-3-19-13(15)10-12-5-7-14(11(2)9-12)6-4-8-20(16,17)18/h5,7,9H,3-4,6,8,10H2,1-2H3/p+1. The topological polar surface area (TPSA) is 84.5 Å². The SMILES string of the molecule is CCOC(=O)Cc1cc[n+](CCCS(=O)(=O)O)c(C)c1. The van der Waals surface area contributed by atoms with Gasteiger partial charge in [0.05, 0.1) is 18.8 Å². The monoisotopic (exact) mass is 302 g/mol. The first kappa shape index (κ1) is 16.6. The van der Waals surface area contributed by atoms with Gasteiger partial charge in [-0.3, -0.25) is 9.35 Å². The van der Waals surface area contributed by atoms with Crippen molar-refractivity contribution in [1.29, 1.82) is 0 Å². The molecule has 1 aromatic heterocycles. The molecule has 1 heterocycles. The molecule has 0 radical (unpaired) electrons. The third kappa shape index (κ3) is 6.12. The molecule has 0 aliphatic rings. The van der Waals surface area contributed by atoms with Gasteiger partial charge >= 0.3 is 5.97 Å². The van der Waals surface area contributed by atoms with Gasteiger partial charge in [0.2, 0.25) is 0 Å². The molecule has 0 spiro atoms. The molecule has 0 amide bonds. The number of esters is 1. The fourth-order valence-corrected chi connectivity index (χ4v) is 2.35. The average Bonchev–Trinajstić information content (AvgIpc) is 2.30. The maximum absolute atomic E-state index is 11.4. The maximum atomic E-state index is 11.4. The smallest absolute Gasteiger partial charge is 0.310 e. The van der Waals surface area contributed by atoms with Crippen LogP contribution in [0.3, 0.4) is 0 Å². The molecule has 1 aromatic rings. The summed E-state index contributed by atoms with van der Waals surface area (Å²) in [6, 6.07) is 3.67. The van der Waals surface area contributed by atoms with Gasteiger partial charge in [-0.1, -0.05) is 0 Å². The van der Waals surface area contributed by atoms with Crippen LogP contribution in [0.25, 0.3) is 0 Å². The molecular formula is C13H20NO5S+. The summed E-state index contributed by atoms with van der Waals surface area (Å²) >= 11 is 0. The van der Waals surface area contributed by atoms with Gasteiger partial charge in [-0.2, -0.15) is 8.42 Å². The Balaban J connectivity index is 2.61. The van der Waals surface area contributed by atoms with E-state index in [4.69, 9.17) is 9.29 Å². The molecule has 0 fully saturated rings. The van der Waals surface area contributed by atoms with Crippen molar-refractivity contribution < 1.29 is 27.1 Å². The summed E-state index contributed by atoms with van der Waals surface area (Å²) in [4.78, 5) is 11.4. The van der Waals surface area contributed by atoms with Crippen molar-refractivity contribution in [1.82, 2.24) is 0 Å². The normalized spacial score (nSPS) is 11.3. The van der Waals surface area contributed by atoms with Gasteiger partial charge in [-0.05, 0) is 12.5 Å². The van der Waals surface area contributed by atoms with Gasteiger partial charge in [0.1, 0.15) is 6.54 Å². The minimum Gasteiger partial charge on any atom is -0.466 e. The van der Waals surface area contributed by atoms with Crippen LogP contribution >= 0.6 is 0 Å². The fraction of sp³-hybridized carbons (Fsp3) is 0.538. The highest BCUT2D eigenvalue weighted by Gasteiger charge is 2.12. The van der Waals surface area contributed by atoms with E-state index >= 15 is 0 Å². The van der Waals surface area contributed by atoms with E-state index in [0.717, 1.165) is 11.3 Å². The van der Waals surface area contributed by atoms with Gasteiger partial charge in [0.15, 0.2) is 11.9 Å².